The standard InChI is InChI=1S/C21H17N3O3/c1-27-18-11-5-2-7-14(18)13-22-20(25)16-9-6-12-24-19(16)23-17-10-4-3-8-15(17)21(24)26/h2-12H,13H2,1H3,(H,22,25). The Hall–Kier alpha value is -3.67. The number of nitrogens with zero attached hydrogens (tertiary/aromatic N) is 2. The molecule has 0 atom stereocenters. The first-order valence-corrected chi connectivity index (χ1v) is 8.49. The molecule has 0 fully saturated rings. The molecule has 0 saturated carbocycles. The van der Waals surface area contributed by atoms with Gasteiger partial charge in [-0.3, -0.25) is 14.0 Å². The van der Waals surface area contributed by atoms with Gasteiger partial charge in [-0.05, 0) is 30.3 Å². The number of fused-ring (bicyclic) bond motifs is 2. The van der Waals surface area contributed by atoms with E-state index in [2.05, 4.69) is 10.3 Å². The van der Waals surface area contributed by atoms with Gasteiger partial charge in [0.25, 0.3) is 11.5 Å². The molecule has 0 radical (unpaired) electrons. The molecule has 2 aromatic heterocycles. The maximum atomic E-state index is 12.8. The van der Waals surface area contributed by atoms with Crippen LogP contribution in [-0.2, 0) is 6.54 Å². The molecule has 2 heterocycles. The van der Waals surface area contributed by atoms with E-state index in [0.29, 0.717) is 34.4 Å². The molecule has 0 unspecified atom stereocenters. The van der Waals surface area contributed by atoms with E-state index in [4.69, 9.17) is 4.74 Å². The number of aromatic nitrogens is 2. The van der Waals surface area contributed by atoms with Crippen LogP contribution in [0.5, 0.6) is 5.75 Å². The van der Waals surface area contributed by atoms with E-state index in [-0.39, 0.29) is 11.5 Å². The molecule has 4 aromatic rings. The number of nitrogens with one attached hydrogen (secondary N) is 1. The van der Waals surface area contributed by atoms with E-state index in [1.165, 1.54) is 4.40 Å². The molecule has 0 spiro atoms. The third-order valence-corrected chi connectivity index (χ3v) is 4.42. The number of benzene rings is 2. The van der Waals surface area contributed by atoms with Gasteiger partial charge in [-0.25, -0.2) is 4.98 Å². The molecule has 134 valence electrons. The van der Waals surface area contributed by atoms with Crippen LogP contribution in [0.25, 0.3) is 16.6 Å². The Balaban J connectivity index is 1.73. The van der Waals surface area contributed by atoms with Crippen LogP contribution in [0.2, 0.25) is 0 Å². The van der Waals surface area contributed by atoms with Crippen LogP contribution in [0, 0.1) is 0 Å². The van der Waals surface area contributed by atoms with Gasteiger partial charge < -0.3 is 10.1 Å². The Labute approximate surface area is 155 Å². The minimum Gasteiger partial charge on any atom is -0.496 e. The number of para-hydroxylation sites is 2. The number of pyridine rings is 1. The lowest BCUT2D eigenvalue weighted by Gasteiger charge is -2.11. The summed E-state index contributed by atoms with van der Waals surface area (Å²) in [4.78, 5) is 30.0. The SMILES string of the molecule is COc1ccccc1CNC(=O)c1cccn2c(=O)c3ccccc3nc12. The molecule has 0 aliphatic carbocycles. The summed E-state index contributed by atoms with van der Waals surface area (Å²) < 4.78 is 6.71. The summed E-state index contributed by atoms with van der Waals surface area (Å²) in [6.07, 6.45) is 1.62. The number of ether oxygens (including phenoxy) is 1. The van der Waals surface area contributed by atoms with Crippen LogP contribution in [0.4, 0.5) is 0 Å². The van der Waals surface area contributed by atoms with E-state index < -0.39 is 0 Å². The normalized spacial score (nSPS) is 10.9. The number of amides is 1. The fourth-order valence-corrected chi connectivity index (χ4v) is 3.07. The molecule has 1 amide bonds. The van der Waals surface area contributed by atoms with Gasteiger partial charge in [-0.2, -0.15) is 0 Å². The first-order valence-electron chi connectivity index (χ1n) is 8.49. The van der Waals surface area contributed by atoms with Gasteiger partial charge in [0.1, 0.15) is 5.75 Å². The van der Waals surface area contributed by atoms with Crippen molar-refractivity contribution in [3.05, 3.63) is 88.3 Å². The molecule has 4 rings (SSSR count). The lowest BCUT2D eigenvalue weighted by Crippen LogP contribution is -2.25. The van der Waals surface area contributed by atoms with Crippen LogP contribution in [0.1, 0.15) is 15.9 Å². The van der Waals surface area contributed by atoms with Crippen LogP contribution in [0.15, 0.2) is 71.7 Å². The molecule has 27 heavy (non-hydrogen) atoms. The predicted octanol–water partition coefficient (Wildman–Crippen LogP) is 2.79. The molecule has 6 heteroatoms. The maximum absolute atomic E-state index is 12.8. The molecular weight excluding hydrogens is 342 g/mol. The van der Waals surface area contributed by atoms with Crippen LogP contribution >= 0.6 is 0 Å². The van der Waals surface area contributed by atoms with Gasteiger partial charge in [0.2, 0.25) is 0 Å². The van der Waals surface area contributed by atoms with Gasteiger partial charge in [0.15, 0.2) is 5.65 Å². The van der Waals surface area contributed by atoms with Gasteiger partial charge in [-0.15, -0.1) is 0 Å². The van der Waals surface area contributed by atoms with Gasteiger partial charge in [-0.1, -0.05) is 30.3 Å². The first kappa shape index (κ1) is 16.8. The minimum atomic E-state index is -0.304. The second-order valence-electron chi connectivity index (χ2n) is 6.04. The van der Waals surface area contributed by atoms with Gasteiger partial charge in [0.05, 0.1) is 23.6 Å². The number of rotatable bonds is 4. The first-order chi connectivity index (χ1) is 13.2. The fourth-order valence-electron chi connectivity index (χ4n) is 3.07. The van der Waals surface area contributed by atoms with Crippen LogP contribution < -0.4 is 15.6 Å². The van der Waals surface area contributed by atoms with Crippen LogP contribution in [0.3, 0.4) is 0 Å². The minimum absolute atomic E-state index is 0.199. The molecule has 6 nitrogen and oxygen atoms in total. The fraction of sp³-hybridized carbons (Fsp3) is 0.0952. The number of carbonyl (C=O) groups excluding carboxylic acids is 1. The predicted molar refractivity (Wildman–Crippen MR) is 103 cm³/mol. The summed E-state index contributed by atoms with van der Waals surface area (Å²) in [6.45, 7) is 0.307. The Bertz CT molecular complexity index is 1210. The monoisotopic (exact) mass is 359 g/mol. The molecule has 0 bridgehead atoms. The summed E-state index contributed by atoms with van der Waals surface area (Å²) >= 11 is 0. The quantitative estimate of drug-likeness (QED) is 0.569. The highest BCUT2D eigenvalue weighted by molar-refractivity contribution is 6.00. The van der Waals surface area contributed by atoms with E-state index in [0.717, 1.165) is 5.56 Å². The molecule has 2 aromatic carbocycles. The Morgan fingerprint density at radius 1 is 1.07 bits per heavy atom. The second kappa shape index (κ2) is 6.92. The lowest BCUT2D eigenvalue weighted by atomic mass is 10.2. The van der Waals surface area contributed by atoms with Crippen molar-refractivity contribution in [2.45, 2.75) is 6.54 Å². The molecule has 0 aliphatic heterocycles. The zero-order valence-corrected chi connectivity index (χ0v) is 14.7. The summed E-state index contributed by atoms with van der Waals surface area (Å²) in [5.41, 5.74) is 1.90. The molecular formula is C21H17N3O3. The largest absolute Gasteiger partial charge is 0.496 e. The Morgan fingerprint density at radius 3 is 2.70 bits per heavy atom. The second-order valence-corrected chi connectivity index (χ2v) is 6.04. The smallest absolute Gasteiger partial charge is 0.265 e. The summed E-state index contributed by atoms with van der Waals surface area (Å²) in [5.74, 6) is 0.400. The highest BCUT2D eigenvalue weighted by Gasteiger charge is 2.14. The van der Waals surface area contributed by atoms with E-state index >= 15 is 0 Å². The van der Waals surface area contributed by atoms with Gasteiger partial charge >= 0.3 is 0 Å². The van der Waals surface area contributed by atoms with Crippen molar-refractivity contribution in [1.29, 1.82) is 0 Å². The number of methoxy groups -OCH3 is 1. The zero-order valence-electron chi connectivity index (χ0n) is 14.7. The highest BCUT2D eigenvalue weighted by Crippen LogP contribution is 2.17. The molecule has 0 aliphatic rings. The number of hydrogen-bond acceptors (Lipinski definition) is 4. The molecule has 0 saturated heterocycles. The highest BCUT2D eigenvalue weighted by atomic mass is 16.5. The van der Waals surface area contributed by atoms with Crippen molar-refractivity contribution < 1.29 is 9.53 Å². The van der Waals surface area contributed by atoms with Crippen molar-refractivity contribution in [2.75, 3.05) is 7.11 Å². The van der Waals surface area contributed by atoms with Crippen molar-refractivity contribution >= 4 is 22.5 Å². The zero-order chi connectivity index (χ0) is 18.8. The average molecular weight is 359 g/mol. The Kier molecular flexibility index (Phi) is 4.30. The lowest BCUT2D eigenvalue weighted by molar-refractivity contribution is 0.0951. The van der Waals surface area contributed by atoms with Crippen LogP contribution in [-0.4, -0.2) is 22.4 Å². The number of hydrogen-bond donors (Lipinski definition) is 1. The average Bonchev–Trinajstić information content (AvgIpc) is 2.72. The third kappa shape index (κ3) is 3.01. The van der Waals surface area contributed by atoms with E-state index in [9.17, 15) is 9.59 Å². The van der Waals surface area contributed by atoms with Gasteiger partial charge in [0, 0.05) is 18.3 Å². The number of carbonyl (C=O) groups is 1. The van der Waals surface area contributed by atoms with E-state index in [1.807, 2.05) is 30.3 Å². The van der Waals surface area contributed by atoms with Crippen molar-refractivity contribution in [3.8, 4) is 5.75 Å². The summed E-state index contributed by atoms with van der Waals surface area (Å²) in [5, 5.41) is 3.39. The van der Waals surface area contributed by atoms with Crippen molar-refractivity contribution in [2.24, 2.45) is 0 Å². The molecule has 1 N–H and O–H groups in total. The van der Waals surface area contributed by atoms with Crippen molar-refractivity contribution in [1.82, 2.24) is 14.7 Å². The van der Waals surface area contributed by atoms with E-state index in [1.54, 1.807) is 43.6 Å². The van der Waals surface area contributed by atoms with Crippen molar-refractivity contribution in [3.63, 3.8) is 0 Å². The summed E-state index contributed by atoms with van der Waals surface area (Å²) in [6, 6.07) is 17.9. The Morgan fingerprint density at radius 2 is 1.85 bits per heavy atom. The summed E-state index contributed by atoms with van der Waals surface area (Å²) in [7, 11) is 1.59. The topological polar surface area (TPSA) is 72.7 Å². The third-order valence-electron chi connectivity index (χ3n) is 4.42. The maximum Gasteiger partial charge on any atom is 0.265 e.